The van der Waals surface area contributed by atoms with Gasteiger partial charge < -0.3 is 25.2 Å². The minimum atomic E-state index is -1.89. The van der Waals surface area contributed by atoms with Gasteiger partial charge >= 0.3 is 5.97 Å². The number of aliphatic hydroxyl groups excluding tert-OH is 4. The molecule has 0 heterocycles. The molecule has 3 atom stereocenters. The van der Waals surface area contributed by atoms with E-state index in [1.54, 1.807) is 24.3 Å². The van der Waals surface area contributed by atoms with Gasteiger partial charge in [-0.05, 0) is 5.56 Å². The fourth-order valence-electron chi connectivity index (χ4n) is 1.27. The van der Waals surface area contributed by atoms with Crippen LogP contribution in [0.4, 0.5) is 0 Å². The molecule has 0 aliphatic heterocycles. The molecule has 100 valence electrons. The highest BCUT2D eigenvalue weighted by Crippen LogP contribution is 2.05. The monoisotopic (exact) mass is 256 g/mol. The number of carbonyl (C=O) groups excluding carboxylic acids is 1. The van der Waals surface area contributed by atoms with Crippen molar-refractivity contribution in [3.05, 3.63) is 35.9 Å². The Morgan fingerprint density at radius 3 is 2.33 bits per heavy atom. The average Bonchev–Trinajstić information content (AvgIpc) is 2.43. The summed E-state index contributed by atoms with van der Waals surface area (Å²) in [5, 5.41) is 36.3. The van der Waals surface area contributed by atoms with Crippen molar-refractivity contribution in [2.75, 3.05) is 6.61 Å². The molecule has 1 rings (SSSR count). The number of esters is 1. The highest BCUT2D eigenvalue weighted by atomic mass is 16.5. The van der Waals surface area contributed by atoms with E-state index < -0.39 is 30.9 Å². The van der Waals surface area contributed by atoms with Crippen LogP contribution in [0, 0.1) is 0 Å². The Balaban J connectivity index is 2.45. The van der Waals surface area contributed by atoms with E-state index in [0.29, 0.717) is 0 Å². The predicted octanol–water partition coefficient (Wildman–Crippen LogP) is -1.20. The van der Waals surface area contributed by atoms with E-state index in [4.69, 9.17) is 14.9 Å². The molecular weight excluding hydrogens is 240 g/mol. The van der Waals surface area contributed by atoms with E-state index in [1.165, 1.54) is 0 Å². The summed E-state index contributed by atoms with van der Waals surface area (Å²) >= 11 is 0. The first-order valence-corrected chi connectivity index (χ1v) is 5.42. The molecule has 0 saturated heterocycles. The highest BCUT2D eigenvalue weighted by molar-refractivity contribution is 5.75. The fraction of sp³-hybridized carbons (Fsp3) is 0.417. The first-order valence-electron chi connectivity index (χ1n) is 5.42. The number of hydrogen-bond donors (Lipinski definition) is 4. The predicted molar refractivity (Wildman–Crippen MR) is 61.3 cm³/mol. The van der Waals surface area contributed by atoms with Crippen LogP contribution >= 0.6 is 0 Å². The molecule has 0 bridgehead atoms. The van der Waals surface area contributed by atoms with Gasteiger partial charge in [-0.1, -0.05) is 30.3 Å². The molecule has 0 saturated carbocycles. The molecule has 0 spiro atoms. The molecule has 0 aliphatic carbocycles. The third kappa shape index (κ3) is 4.08. The van der Waals surface area contributed by atoms with Crippen LogP contribution in [0.2, 0.25) is 0 Å². The minimum absolute atomic E-state index is 0.0430. The standard InChI is InChI=1S/C12H16O6/c13-6-9(14)10(15)11(16)12(17)18-7-8-4-2-1-3-5-8/h1-5,9-11,13-16H,6-7H2/t9-,10-,11-/m1/s1. The van der Waals surface area contributed by atoms with Crippen molar-refractivity contribution in [3.63, 3.8) is 0 Å². The van der Waals surface area contributed by atoms with E-state index >= 15 is 0 Å². The largest absolute Gasteiger partial charge is 0.459 e. The number of rotatable bonds is 6. The average molecular weight is 256 g/mol. The molecular formula is C12H16O6. The van der Waals surface area contributed by atoms with Crippen LogP contribution in [0.5, 0.6) is 0 Å². The van der Waals surface area contributed by atoms with Gasteiger partial charge in [0.05, 0.1) is 6.61 Å². The van der Waals surface area contributed by atoms with Crippen molar-refractivity contribution < 1.29 is 30.0 Å². The van der Waals surface area contributed by atoms with Gasteiger partial charge in [0.15, 0.2) is 6.10 Å². The normalized spacial score (nSPS) is 15.8. The van der Waals surface area contributed by atoms with E-state index in [2.05, 4.69) is 0 Å². The maximum Gasteiger partial charge on any atom is 0.338 e. The van der Waals surface area contributed by atoms with Gasteiger partial charge in [-0.2, -0.15) is 0 Å². The van der Waals surface area contributed by atoms with Gasteiger partial charge in [0.2, 0.25) is 0 Å². The van der Waals surface area contributed by atoms with Gasteiger partial charge in [0.1, 0.15) is 18.8 Å². The second-order valence-electron chi connectivity index (χ2n) is 3.78. The van der Waals surface area contributed by atoms with Crippen molar-refractivity contribution in [2.24, 2.45) is 0 Å². The molecule has 0 aliphatic rings. The lowest BCUT2D eigenvalue weighted by molar-refractivity contribution is -0.167. The maximum atomic E-state index is 11.4. The smallest absolute Gasteiger partial charge is 0.338 e. The van der Waals surface area contributed by atoms with E-state index in [0.717, 1.165) is 5.56 Å². The molecule has 0 unspecified atom stereocenters. The summed E-state index contributed by atoms with van der Waals surface area (Å²) in [6.07, 6.45) is -5.27. The van der Waals surface area contributed by atoms with Crippen molar-refractivity contribution >= 4 is 5.97 Å². The Labute approximate surface area is 104 Å². The number of benzene rings is 1. The Morgan fingerprint density at radius 2 is 1.78 bits per heavy atom. The lowest BCUT2D eigenvalue weighted by Crippen LogP contribution is -2.44. The second-order valence-corrected chi connectivity index (χ2v) is 3.78. The zero-order valence-electron chi connectivity index (χ0n) is 9.64. The van der Waals surface area contributed by atoms with Crippen molar-refractivity contribution in [1.29, 1.82) is 0 Å². The lowest BCUT2D eigenvalue weighted by Gasteiger charge is -2.20. The van der Waals surface area contributed by atoms with Gasteiger partial charge in [0.25, 0.3) is 0 Å². The van der Waals surface area contributed by atoms with Crippen LogP contribution in [0.1, 0.15) is 5.56 Å². The SMILES string of the molecule is O=C(OCc1ccccc1)[C@H](O)[C@H](O)[C@H](O)CO. The quantitative estimate of drug-likeness (QED) is 0.476. The summed E-state index contributed by atoms with van der Waals surface area (Å²) in [4.78, 5) is 11.4. The fourth-order valence-corrected chi connectivity index (χ4v) is 1.27. The van der Waals surface area contributed by atoms with Gasteiger partial charge in [0, 0.05) is 0 Å². The van der Waals surface area contributed by atoms with Crippen LogP contribution in [0.3, 0.4) is 0 Å². The summed E-state index contributed by atoms with van der Waals surface area (Å²) in [6.45, 7) is -0.803. The van der Waals surface area contributed by atoms with Gasteiger partial charge in [-0.3, -0.25) is 0 Å². The summed E-state index contributed by atoms with van der Waals surface area (Å²) in [5.74, 6) is -1.06. The summed E-state index contributed by atoms with van der Waals surface area (Å²) < 4.78 is 4.76. The molecule has 4 N–H and O–H groups in total. The van der Waals surface area contributed by atoms with Crippen molar-refractivity contribution in [3.8, 4) is 0 Å². The summed E-state index contributed by atoms with van der Waals surface area (Å²) in [7, 11) is 0. The zero-order valence-corrected chi connectivity index (χ0v) is 9.64. The van der Waals surface area contributed by atoms with Crippen LogP contribution in [0.15, 0.2) is 30.3 Å². The lowest BCUT2D eigenvalue weighted by atomic mass is 10.1. The van der Waals surface area contributed by atoms with Crippen LogP contribution in [-0.2, 0) is 16.1 Å². The molecule has 18 heavy (non-hydrogen) atoms. The summed E-state index contributed by atoms with van der Waals surface area (Å²) in [6, 6.07) is 8.81. The van der Waals surface area contributed by atoms with Crippen LogP contribution in [-0.4, -0.2) is 51.3 Å². The number of carbonyl (C=O) groups is 1. The molecule has 6 nitrogen and oxygen atoms in total. The molecule has 0 amide bonds. The van der Waals surface area contributed by atoms with Crippen LogP contribution < -0.4 is 0 Å². The summed E-state index contributed by atoms with van der Waals surface area (Å²) in [5.41, 5.74) is 0.732. The Morgan fingerprint density at radius 1 is 1.17 bits per heavy atom. The van der Waals surface area contributed by atoms with E-state index in [-0.39, 0.29) is 6.61 Å². The third-order valence-electron chi connectivity index (χ3n) is 2.37. The molecule has 1 aromatic carbocycles. The highest BCUT2D eigenvalue weighted by Gasteiger charge is 2.31. The second kappa shape index (κ2) is 7.07. The van der Waals surface area contributed by atoms with Crippen LogP contribution in [0.25, 0.3) is 0 Å². The third-order valence-corrected chi connectivity index (χ3v) is 2.37. The molecule has 1 aromatic rings. The number of aliphatic hydroxyl groups is 4. The Bertz CT molecular complexity index is 366. The maximum absolute atomic E-state index is 11.4. The first-order chi connectivity index (χ1) is 8.56. The molecule has 6 heteroatoms. The first kappa shape index (κ1) is 14.6. The molecule has 0 radical (unpaired) electrons. The number of hydrogen-bond acceptors (Lipinski definition) is 6. The molecule has 0 aromatic heterocycles. The Kier molecular flexibility index (Phi) is 5.73. The topological polar surface area (TPSA) is 107 Å². The van der Waals surface area contributed by atoms with E-state index in [9.17, 15) is 15.0 Å². The van der Waals surface area contributed by atoms with Gasteiger partial charge in [-0.25, -0.2) is 4.79 Å². The van der Waals surface area contributed by atoms with Crippen molar-refractivity contribution in [1.82, 2.24) is 0 Å². The minimum Gasteiger partial charge on any atom is -0.459 e. The van der Waals surface area contributed by atoms with E-state index in [1.807, 2.05) is 6.07 Å². The Hall–Kier alpha value is -1.47. The molecule has 0 fully saturated rings. The zero-order chi connectivity index (χ0) is 13.5. The van der Waals surface area contributed by atoms with Gasteiger partial charge in [-0.15, -0.1) is 0 Å². The number of ether oxygens (including phenoxy) is 1. The van der Waals surface area contributed by atoms with Crippen molar-refractivity contribution in [2.45, 2.75) is 24.9 Å².